The maximum absolute atomic E-state index is 13.1. The molecule has 6 nitrogen and oxygen atoms in total. The van der Waals surface area contributed by atoms with E-state index in [4.69, 9.17) is 4.74 Å². The Kier molecular flexibility index (Phi) is 4.78. The lowest BCUT2D eigenvalue weighted by Gasteiger charge is -2.11. The van der Waals surface area contributed by atoms with E-state index in [-0.39, 0.29) is 15.9 Å². The van der Waals surface area contributed by atoms with Crippen LogP contribution in [-0.4, -0.2) is 18.7 Å². The van der Waals surface area contributed by atoms with E-state index >= 15 is 0 Å². The molecule has 0 fully saturated rings. The quantitative estimate of drug-likeness (QED) is 0.278. The van der Waals surface area contributed by atoms with E-state index in [0.717, 1.165) is 34.9 Å². The van der Waals surface area contributed by atoms with Gasteiger partial charge in [-0.15, -0.1) is 0 Å². The van der Waals surface area contributed by atoms with E-state index in [2.05, 4.69) is 40.0 Å². The average Bonchev–Trinajstić information content (AvgIpc) is 3.35. The summed E-state index contributed by atoms with van der Waals surface area (Å²) in [7, 11) is 0. The highest BCUT2D eigenvalue weighted by Gasteiger charge is 2.31. The van der Waals surface area contributed by atoms with Crippen LogP contribution in [0.4, 0.5) is 24.8 Å². The predicted octanol–water partition coefficient (Wildman–Crippen LogP) is 6.88. The number of H-pyrrole nitrogens is 1. The van der Waals surface area contributed by atoms with Crippen LogP contribution in [0.5, 0.6) is 11.5 Å². The van der Waals surface area contributed by atoms with Crippen LogP contribution < -0.4 is 10.1 Å². The Morgan fingerprint density at radius 3 is 2.65 bits per heavy atom. The van der Waals surface area contributed by atoms with Gasteiger partial charge in [0.25, 0.3) is 0 Å². The first kappa shape index (κ1) is 19.8. The highest BCUT2D eigenvalue weighted by molar-refractivity contribution is 9.10. The molecule has 2 heterocycles. The minimum atomic E-state index is -4.45. The summed E-state index contributed by atoms with van der Waals surface area (Å²) in [5, 5.41) is 3.08. The van der Waals surface area contributed by atoms with Crippen molar-refractivity contribution in [1.29, 1.82) is 0 Å². The smallest absolute Gasteiger partial charge is 0.416 e. The molecular formula is C20H11BrF3N5OS. The van der Waals surface area contributed by atoms with Crippen molar-refractivity contribution in [2.24, 2.45) is 0 Å². The molecule has 5 aromatic rings. The standard InChI is InChI=1S/C20H11BrF3N5OS/c21-12-7-10(20(22,23)24)8-16-18(12)27-19(26-16)25-14-3-1-2-4-17(14)30-11-5-6-13-15(9-11)29-31-28-13/h1-9H,(H2,25,26,27). The van der Waals surface area contributed by atoms with E-state index in [1.54, 1.807) is 24.3 Å². The third-order valence-electron chi connectivity index (χ3n) is 4.46. The van der Waals surface area contributed by atoms with E-state index in [1.807, 2.05) is 18.2 Å². The third-order valence-corrected chi connectivity index (χ3v) is 5.62. The van der Waals surface area contributed by atoms with Gasteiger partial charge in [-0.25, -0.2) is 4.98 Å². The molecule has 0 spiro atoms. The number of para-hydroxylation sites is 2. The monoisotopic (exact) mass is 505 g/mol. The first-order valence-electron chi connectivity index (χ1n) is 8.89. The van der Waals surface area contributed by atoms with Crippen LogP contribution in [-0.2, 0) is 6.18 Å². The summed E-state index contributed by atoms with van der Waals surface area (Å²) < 4.78 is 53.9. The predicted molar refractivity (Wildman–Crippen MR) is 116 cm³/mol. The molecule has 0 aliphatic rings. The van der Waals surface area contributed by atoms with Gasteiger partial charge in [-0.05, 0) is 52.3 Å². The molecule has 0 aliphatic carbocycles. The molecule has 0 atom stereocenters. The van der Waals surface area contributed by atoms with E-state index < -0.39 is 11.7 Å². The van der Waals surface area contributed by atoms with Crippen molar-refractivity contribution in [3.05, 3.63) is 64.6 Å². The summed E-state index contributed by atoms with van der Waals surface area (Å²) >= 11 is 4.29. The Bertz CT molecular complexity index is 1420. The summed E-state index contributed by atoms with van der Waals surface area (Å²) in [6.07, 6.45) is -4.45. The van der Waals surface area contributed by atoms with Crippen molar-refractivity contribution in [2.75, 3.05) is 5.32 Å². The maximum atomic E-state index is 13.1. The van der Waals surface area contributed by atoms with Crippen LogP contribution in [0.1, 0.15) is 5.56 Å². The van der Waals surface area contributed by atoms with Crippen LogP contribution in [0.25, 0.3) is 22.1 Å². The number of benzene rings is 3. The van der Waals surface area contributed by atoms with Crippen molar-refractivity contribution >= 4 is 61.4 Å². The fraction of sp³-hybridized carbons (Fsp3) is 0.0500. The second kappa shape index (κ2) is 7.50. The van der Waals surface area contributed by atoms with E-state index in [0.29, 0.717) is 22.7 Å². The van der Waals surface area contributed by atoms with Crippen molar-refractivity contribution < 1.29 is 17.9 Å². The molecule has 0 unspecified atom stereocenters. The van der Waals surface area contributed by atoms with Gasteiger partial charge in [0, 0.05) is 10.5 Å². The zero-order valence-corrected chi connectivity index (χ0v) is 17.8. The summed E-state index contributed by atoms with van der Waals surface area (Å²) in [5.41, 5.74) is 1.98. The number of halogens is 4. The molecule has 2 aromatic heterocycles. The zero-order valence-electron chi connectivity index (χ0n) is 15.4. The lowest BCUT2D eigenvalue weighted by Crippen LogP contribution is -2.04. The Balaban J connectivity index is 1.46. The minimum absolute atomic E-state index is 0.247. The summed E-state index contributed by atoms with van der Waals surface area (Å²) in [4.78, 5) is 7.24. The lowest BCUT2D eigenvalue weighted by atomic mass is 10.2. The Labute approximate surface area is 185 Å². The number of nitrogens with zero attached hydrogens (tertiary/aromatic N) is 3. The molecule has 0 saturated carbocycles. The van der Waals surface area contributed by atoms with Gasteiger partial charge in [0.05, 0.1) is 28.5 Å². The fourth-order valence-electron chi connectivity index (χ4n) is 3.04. The molecule has 31 heavy (non-hydrogen) atoms. The first-order chi connectivity index (χ1) is 14.9. The molecule has 0 amide bonds. The number of rotatable bonds is 4. The second-order valence-corrected chi connectivity index (χ2v) is 7.96. The number of nitrogens with one attached hydrogen (secondary N) is 2. The fourth-order valence-corrected chi connectivity index (χ4v) is 4.10. The number of fused-ring (bicyclic) bond motifs is 2. The third kappa shape index (κ3) is 3.93. The molecule has 11 heteroatoms. The van der Waals surface area contributed by atoms with Crippen molar-refractivity contribution in [2.45, 2.75) is 6.18 Å². The van der Waals surface area contributed by atoms with E-state index in [9.17, 15) is 13.2 Å². The number of hydrogen-bond acceptors (Lipinski definition) is 6. The van der Waals surface area contributed by atoms with Crippen LogP contribution in [0.2, 0.25) is 0 Å². The highest BCUT2D eigenvalue weighted by Crippen LogP contribution is 2.36. The SMILES string of the molecule is FC(F)(F)c1cc(Br)c2nc(Nc3ccccc3Oc3ccc4nsnc4c3)[nH]c2c1. The second-order valence-electron chi connectivity index (χ2n) is 6.58. The molecule has 5 rings (SSSR count). The molecular weight excluding hydrogens is 495 g/mol. The number of ether oxygens (including phenoxy) is 1. The largest absolute Gasteiger partial charge is 0.455 e. The molecule has 3 aromatic carbocycles. The molecule has 0 bridgehead atoms. The number of anilines is 2. The maximum Gasteiger partial charge on any atom is 0.416 e. The van der Waals surface area contributed by atoms with Crippen molar-refractivity contribution in [3.8, 4) is 11.5 Å². The van der Waals surface area contributed by atoms with Gasteiger partial charge in [0.1, 0.15) is 22.3 Å². The van der Waals surface area contributed by atoms with Crippen LogP contribution >= 0.6 is 27.7 Å². The van der Waals surface area contributed by atoms with Gasteiger partial charge in [0.2, 0.25) is 5.95 Å². The lowest BCUT2D eigenvalue weighted by molar-refractivity contribution is -0.137. The number of imidazole rings is 1. The van der Waals surface area contributed by atoms with Gasteiger partial charge < -0.3 is 15.0 Å². The number of aromatic nitrogens is 4. The molecule has 0 aliphatic heterocycles. The molecule has 0 saturated heterocycles. The van der Waals surface area contributed by atoms with Gasteiger partial charge >= 0.3 is 6.18 Å². The summed E-state index contributed by atoms with van der Waals surface area (Å²) in [6, 6.07) is 14.6. The van der Waals surface area contributed by atoms with Gasteiger partial charge in [-0.3, -0.25) is 0 Å². The Hall–Kier alpha value is -3.18. The average molecular weight is 506 g/mol. The number of aromatic amines is 1. The van der Waals surface area contributed by atoms with Crippen LogP contribution in [0.3, 0.4) is 0 Å². The number of hydrogen-bond donors (Lipinski definition) is 2. The Morgan fingerprint density at radius 1 is 1.00 bits per heavy atom. The topological polar surface area (TPSA) is 75.7 Å². The van der Waals surface area contributed by atoms with Crippen molar-refractivity contribution in [3.63, 3.8) is 0 Å². The highest BCUT2D eigenvalue weighted by atomic mass is 79.9. The zero-order chi connectivity index (χ0) is 21.6. The van der Waals surface area contributed by atoms with E-state index in [1.165, 1.54) is 0 Å². The summed E-state index contributed by atoms with van der Waals surface area (Å²) in [5.74, 6) is 1.38. The molecule has 156 valence electrons. The Morgan fingerprint density at radius 2 is 1.81 bits per heavy atom. The molecule has 2 N–H and O–H groups in total. The van der Waals surface area contributed by atoms with Gasteiger partial charge in [-0.1, -0.05) is 12.1 Å². The van der Waals surface area contributed by atoms with Gasteiger partial charge in [0.15, 0.2) is 5.75 Å². The summed E-state index contributed by atoms with van der Waals surface area (Å²) in [6.45, 7) is 0. The molecule has 0 radical (unpaired) electrons. The number of alkyl halides is 3. The minimum Gasteiger partial charge on any atom is -0.455 e. The normalized spacial score (nSPS) is 11.9. The van der Waals surface area contributed by atoms with Crippen LogP contribution in [0.15, 0.2) is 59.1 Å². The first-order valence-corrected chi connectivity index (χ1v) is 10.4. The van der Waals surface area contributed by atoms with Crippen molar-refractivity contribution in [1.82, 2.24) is 18.7 Å². The van der Waals surface area contributed by atoms with Crippen LogP contribution in [0, 0.1) is 0 Å². The van der Waals surface area contributed by atoms with Gasteiger partial charge in [-0.2, -0.15) is 21.9 Å².